The van der Waals surface area contributed by atoms with Crippen LogP contribution >= 0.6 is 0 Å². The lowest BCUT2D eigenvalue weighted by atomic mass is 10.1. The van der Waals surface area contributed by atoms with Crippen LogP contribution in [0.5, 0.6) is 5.75 Å². The second-order valence-corrected chi connectivity index (χ2v) is 2.13. The molecule has 1 aromatic rings. The standard InChI is InChI=1S/C8H11NO3/c1-5-8(12)7(4-11)6(3-10)2-9-5/h2,10-12H,3-4H2,1H3/i1D3,4D2. The van der Waals surface area contributed by atoms with Crippen molar-refractivity contribution in [3.8, 4) is 5.75 Å². The molecule has 0 bridgehead atoms. The molecule has 4 heteroatoms. The molecule has 0 radical (unpaired) electrons. The van der Waals surface area contributed by atoms with Crippen LogP contribution < -0.4 is 0 Å². The van der Waals surface area contributed by atoms with Crippen LogP contribution in [0, 0.1) is 6.85 Å². The van der Waals surface area contributed by atoms with Crippen molar-refractivity contribution < 1.29 is 22.2 Å². The Bertz CT molecular complexity index is 426. The summed E-state index contributed by atoms with van der Waals surface area (Å²) in [7, 11) is 0. The molecule has 4 nitrogen and oxygen atoms in total. The summed E-state index contributed by atoms with van der Waals surface area (Å²) in [6.07, 6.45) is 0.908. The molecule has 0 amide bonds. The van der Waals surface area contributed by atoms with E-state index < -0.39 is 37.0 Å². The summed E-state index contributed by atoms with van der Waals surface area (Å²) in [6.45, 7) is -6.39. The molecular formula is C8H11NO3. The number of hydrogen-bond acceptors (Lipinski definition) is 4. The molecule has 0 aliphatic rings. The monoisotopic (exact) mass is 174 g/mol. The van der Waals surface area contributed by atoms with Gasteiger partial charge in [0.1, 0.15) is 5.75 Å². The molecule has 0 saturated heterocycles. The van der Waals surface area contributed by atoms with Gasteiger partial charge >= 0.3 is 0 Å². The van der Waals surface area contributed by atoms with Gasteiger partial charge in [0.15, 0.2) is 0 Å². The molecule has 0 aliphatic heterocycles. The lowest BCUT2D eigenvalue weighted by Gasteiger charge is -2.07. The first-order valence-corrected chi connectivity index (χ1v) is 3.14. The summed E-state index contributed by atoms with van der Waals surface area (Å²) in [6, 6.07) is 0. The van der Waals surface area contributed by atoms with Crippen LogP contribution in [0.25, 0.3) is 0 Å². The van der Waals surface area contributed by atoms with E-state index in [9.17, 15) is 10.2 Å². The fourth-order valence-corrected chi connectivity index (χ4v) is 0.783. The van der Waals surface area contributed by atoms with Crippen LogP contribution in [0.2, 0.25) is 0 Å². The highest BCUT2D eigenvalue weighted by Crippen LogP contribution is 2.23. The van der Waals surface area contributed by atoms with E-state index in [-0.39, 0.29) is 5.56 Å². The Kier molecular flexibility index (Phi) is 1.23. The van der Waals surface area contributed by atoms with Crippen molar-refractivity contribution in [2.45, 2.75) is 20.0 Å². The Hall–Kier alpha value is -1.13. The van der Waals surface area contributed by atoms with Gasteiger partial charge in [-0.2, -0.15) is 0 Å². The number of pyridine rings is 1. The topological polar surface area (TPSA) is 73.6 Å². The minimum Gasteiger partial charge on any atom is -0.506 e. The van der Waals surface area contributed by atoms with Crippen LogP contribution in [0.15, 0.2) is 6.20 Å². The van der Waals surface area contributed by atoms with Crippen LogP contribution in [-0.4, -0.2) is 20.3 Å². The number of aromatic nitrogens is 1. The first kappa shape index (κ1) is 4.20. The average Bonchev–Trinajstić information content (AvgIpc) is 2.12. The lowest BCUT2D eigenvalue weighted by Crippen LogP contribution is -1.98. The van der Waals surface area contributed by atoms with Crippen molar-refractivity contribution in [1.82, 2.24) is 4.98 Å². The van der Waals surface area contributed by atoms with Crippen molar-refractivity contribution in [2.24, 2.45) is 0 Å². The summed E-state index contributed by atoms with van der Waals surface area (Å²) >= 11 is 0. The second kappa shape index (κ2) is 3.51. The molecule has 1 rings (SSSR count). The summed E-state index contributed by atoms with van der Waals surface area (Å²) < 4.78 is 35.5. The molecule has 0 aromatic carbocycles. The van der Waals surface area contributed by atoms with E-state index in [2.05, 4.69) is 4.98 Å². The molecule has 1 aromatic heterocycles. The fraction of sp³-hybridized carbons (Fsp3) is 0.375. The van der Waals surface area contributed by atoms with E-state index in [0.29, 0.717) is 0 Å². The van der Waals surface area contributed by atoms with Gasteiger partial charge in [0.05, 0.1) is 21.6 Å². The number of rotatable bonds is 2. The Morgan fingerprint density at radius 2 is 2.42 bits per heavy atom. The van der Waals surface area contributed by atoms with Gasteiger partial charge < -0.3 is 15.3 Å². The fourth-order valence-electron chi connectivity index (χ4n) is 0.783. The molecule has 0 aliphatic carbocycles. The van der Waals surface area contributed by atoms with E-state index >= 15 is 0 Å². The minimum absolute atomic E-state index is 0.178. The highest BCUT2D eigenvalue weighted by molar-refractivity contribution is 5.39. The van der Waals surface area contributed by atoms with Crippen LogP contribution in [0.4, 0.5) is 0 Å². The number of aliphatic hydroxyl groups excluding tert-OH is 1. The van der Waals surface area contributed by atoms with Crippen molar-refractivity contribution >= 4 is 0 Å². The number of aliphatic hydroxyl groups is 2. The van der Waals surface area contributed by atoms with Crippen molar-refractivity contribution in [3.05, 3.63) is 23.0 Å². The third-order valence-electron chi connectivity index (χ3n) is 1.41. The normalized spacial score (nSPS) is 18.7. The Morgan fingerprint density at radius 1 is 1.67 bits per heavy atom. The van der Waals surface area contributed by atoms with E-state index in [1.54, 1.807) is 0 Å². The smallest absolute Gasteiger partial charge is 0.142 e. The average molecular weight is 174 g/mol. The predicted molar refractivity (Wildman–Crippen MR) is 42.5 cm³/mol. The highest BCUT2D eigenvalue weighted by atomic mass is 16.3. The summed E-state index contributed by atoms with van der Waals surface area (Å²) in [5, 5.41) is 27.8. The minimum atomic E-state index is -2.97. The Balaban J connectivity index is 3.55. The maximum Gasteiger partial charge on any atom is 0.142 e. The predicted octanol–water partition coefficient (Wildman–Crippen LogP) is 0.0802. The molecule has 0 spiro atoms. The number of aromatic hydroxyl groups is 1. The van der Waals surface area contributed by atoms with Crippen molar-refractivity contribution in [2.75, 3.05) is 0 Å². The Morgan fingerprint density at radius 3 is 2.92 bits per heavy atom. The van der Waals surface area contributed by atoms with E-state index in [0.717, 1.165) is 6.20 Å². The van der Waals surface area contributed by atoms with Gasteiger partial charge in [0.25, 0.3) is 0 Å². The molecular weight excluding hydrogens is 158 g/mol. The number of nitrogens with zero attached hydrogens (tertiary/aromatic N) is 1. The van der Waals surface area contributed by atoms with E-state index in [4.69, 9.17) is 12.0 Å². The maximum atomic E-state index is 9.64. The zero-order valence-electron chi connectivity index (χ0n) is 11.1. The van der Waals surface area contributed by atoms with Gasteiger partial charge in [-0.15, -0.1) is 0 Å². The first-order chi connectivity index (χ1) is 7.59. The number of aryl methyl sites for hydroxylation is 1. The molecule has 66 valence electrons. The molecule has 0 saturated carbocycles. The van der Waals surface area contributed by atoms with Crippen LogP contribution in [-0.2, 0) is 13.2 Å². The van der Waals surface area contributed by atoms with E-state index in [1.807, 2.05) is 0 Å². The summed E-state index contributed by atoms with van der Waals surface area (Å²) in [5.74, 6) is -0.968. The van der Waals surface area contributed by atoms with Gasteiger partial charge in [-0.1, -0.05) is 0 Å². The number of hydrogen-bond donors (Lipinski definition) is 3. The van der Waals surface area contributed by atoms with E-state index in [1.165, 1.54) is 0 Å². The summed E-state index contributed by atoms with van der Waals surface area (Å²) in [4.78, 5) is 3.44. The van der Waals surface area contributed by atoms with Crippen LogP contribution in [0.3, 0.4) is 0 Å². The molecule has 3 N–H and O–H groups in total. The van der Waals surface area contributed by atoms with Gasteiger partial charge in [-0.3, -0.25) is 4.98 Å². The van der Waals surface area contributed by atoms with Crippen LogP contribution in [0.1, 0.15) is 23.7 Å². The zero-order chi connectivity index (χ0) is 13.4. The quantitative estimate of drug-likeness (QED) is 0.593. The maximum absolute atomic E-state index is 9.64. The largest absolute Gasteiger partial charge is 0.506 e. The lowest BCUT2D eigenvalue weighted by molar-refractivity contribution is 0.254. The molecule has 0 fully saturated rings. The molecule has 12 heavy (non-hydrogen) atoms. The first-order valence-electron chi connectivity index (χ1n) is 5.64. The Labute approximate surface area is 77.2 Å². The highest BCUT2D eigenvalue weighted by Gasteiger charge is 2.09. The van der Waals surface area contributed by atoms with Crippen molar-refractivity contribution in [1.29, 1.82) is 0 Å². The molecule has 1 heterocycles. The van der Waals surface area contributed by atoms with Gasteiger partial charge in [-0.25, -0.2) is 0 Å². The third-order valence-corrected chi connectivity index (χ3v) is 1.41. The summed E-state index contributed by atoms with van der Waals surface area (Å²) in [5.41, 5.74) is -1.58. The SMILES string of the molecule is [2H]C([2H])([2H])c1ncc(CO)c(C([2H])([2H])O)c1O. The van der Waals surface area contributed by atoms with Crippen molar-refractivity contribution in [3.63, 3.8) is 0 Å². The second-order valence-electron chi connectivity index (χ2n) is 2.13. The van der Waals surface area contributed by atoms with Gasteiger partial charge in [0.2, 0.25) is 0 Å². The third kappa shape index (κ3) is 1.39. The van der Waals surface area contributed by atoms with Gasteiger partial charge in [0, 0.05) is 21.4 Å². The van der Waals surface area contributed by atoms with Gasteiger partial charge in [-0.05, 0) is 6.85 Å². The molecule has 0 atom stereocenters. The molecule has 0 unspecified atom stereocenters. The zero-order valence-corrected chi connectivity index (χ0v) is 6.07.